The SMILES string of the molecule is O=P(O)(O)Cc1ccc2c(c1)OCO2.[Na]. The van der Waals surface area contributed by atoms with Gasteiger partial charge < -0.3 is 19.3 Å². The van der Waals surface area contributed by atoms with E-state index in [1.807, 2.05) is 0 Å². The van der Waals surface area contributed by atoms with Crippen molar-refractivity contribution in [2.24, 2.45) is 0 Å². The molecule has 0 bridgehead atoms. The van der Waals surface area contributed by atoms with Crippen LogP contribution in [0.5, 0.6) is 11.5 Å². The van der Waals surface area contributed by atoms with Gasteiger partial charge in [-0.05, 0) is 17.7 Å². The molecule has 0 aromatic heterocycles. The molecule has 0 unspecified atom stereocenters. The van der Waals surface area contributed by atoms with Crippen LogP contribution in [0.15, 0.2) is 18.2 Å². The number of benzene rings is 1. The second-order valence-corrected chi connectivity index (χ2v) is 4.66. The molecule has 0 saturated carbocycles. The molecule has 7 heteroatoms. The van der Waals surface area contributed by atoms with E-state index in [0.29, 0.717) is 17.1 Å². The number of fused-ring (bicyclic) bond motifs is 1. The Bertz CT molecular complexity index is 402. The second kappa shape index (κ2) is 4.87. The number of hydrogen-bond donors (Lipinski definition) is 2. The maximum atomic E-state index is 10.7. The third-order valence-corrected chi connectivity index (χ3v) is 2.60. The van der Waals surface area contributed by atoms with E-state index in [0.717, 1.165) is 0 Å². The van der Waals surface area contributed by atoms with Gasteiger partial charge in [-0.15, -0.1) is 0 Å². The first kappa shape index (κ1) is 13.0. The van der Waals surface area contributed by atoms with E-state index in [1.165, 1.54) is 0 Å². The van der Waals surface area contributed by atoms with Crippen molar-refractivity contribution in [2.75, 3.05) is 6.79 Å². The van der Waals surface area contributed by atoms with Crippen LogP contribution in [-0.4, -0.2) is 46.1 Å². The van der Waals surface area contributed by atoms with Crippen LogP contribution in [0.2, 0.25) is 0 Å². The molecule has 1 aromatic rings. The fourth-order valence-electron chi connectivity index (χ4n) is 1.28. The summed E-state index contributed by atoms with van der Waals surface area (Å²) >= 11 is 0. The molecule has 0 aliphatic carbocycles. The van der Waals surface area contributed by atoms with Crippen molar-refractivity contribution in [3.8, 4) is 11.5 Å². The van der Waals surface area contributed by atoms with Gasteiger partial charge >= 0.3 is 7.60 Å². The standard InChI is InChI=1S/C8H9O5P.Na/c9-14(10,11)4-6-1-2-7-8(3-6)13-5-12-7;/h1-3H,4-5H2,(H2,9,10,11);. The van der Waals surface area contributed by atoms with Crippen molar-refractivity contribution in [3.05, 3.63) is 23.8 Å². The zero-order valence-electron chi connectivity index (χ0n) is 8.21. The summed E-state index contributed by atoms with van der Waals surface area (Å²) in [7, 11) is -4.01. The van der Waals surface area contributed by atoms with Crippen LogP contribution in [0.4, 0.5) is 0 Å². The quantitative estimate of drug-likeness (QED) is 0.587. The zero-order chi connectivity index (χ0) is 10.2. The molecule has 0 atom stereocenters. The minimum Gasteiger partial charge on any atom is -0.454 e. The average molecular weight is 239 g/mol. The fraction of sp³-hybridized carbons (Fsp3) is 0.250. The van der Waals surface area contributed by atoms with Gasteiger partial charge in [-0.2, -0.15) is 0 Å². The van der Waals surface area contributed by atoms with Crippen LogP contribution in [0.3, 0.4) is 0 Å². The third kappa shape index (κ3) is 3.48. The number of rotatable bonds is 2. The summed E-state index contributed by atoms with van der Waals surface area (Å²) in [6.45, 7) is 0.161. The van der Waals surface area contributed by atoms with Crippen molar-refractivity contribution in [1.82, 2.24) is 0 Å². The van der Waals surface area contributed by atoms with E-state index in [2.05, 4.69) is 0 Å². The first-order chi connectivity index (χ1) is 6.54. The Hall–Kier alpha value is -0.0300. The van der Waals surface area contributed by atoms with Crippen molar-refractivity contribution >= 4 is 37.2 Å². The molecule has 0 amide bonds. The predicted molar refractivity (Wildman–Crippen MR) is 54.1 cm³/mol. The molecular formula is C8H9NaO5P. The van der Waals surface area contributed by atoms with Gasteiger partial charge in [-0.3, -0.25) is 4.57 Å². The predicted octanol–water partition coefficient (Wildman–Crippen LogP) is 0.712. The minimum absolute atomic E-state index is 0. The summed E-state index contributed by atoms with van der Waals surface area (Å²) in [6, 6.07) is 4.85. The Labute approximate surface area is 109 Å². The van der Waals surface area contributed by atoms with Gasteiger partial charge in [-0.25, -0.2) is 0 Å². The Balaban J connectivity index is 0.00000112. The summed E-state index contributed by atoms with van der Waals surface area (Å²) in [4.78, 5) is 17.5. The molecule has 2 rings (SSSR count). The van der Waals surface area contributed by atoms with E-state index in [-0.39, 0.29) is 42.5 Å². The first-order valence-corrected chi connectivity index (χ1v) is 5.77. The van der Waals surface area contributed by atoms with Crippen LogP contribution in [0, 0.1) is 0 Å². The molecule has 0 fully saturated rings. The maximum Gasteiger partial charge on any atom is 0.329 e. The first-order valence-electron chi connectivity index (χ1n) is 3.98. The smallest absolute Gasteiger partial charge is 0.329 e. The van der Waals surface area contributed by atoms with Crippen molar-refractivity contribution in [1.29, 1.82) is 0 Å². The molecule has 15 heavy (non-hydrogen) atoms. The summed E-state index contributed by atoms with van der Waals surface area (Å²) in [5, 5.41) is 0. The molecule has 1 radical (unpaired) electrons. The van der Waals surface area contributed by atoms with Gasteiger partial charge in [0.2, 0.25) is 6.79 Å². The average Bonchev–Trinajstić information content (AvgIpc) is 2.47. The van der Waals surface area contributed by atoms with Gasteiger partial charge in [0.05, 0.1) is 6.16 Å². The van der Waals surface area contributed by atoms with Gasteiger partial charge in [0, 0.05) is 29.6 Å². The van der Waals surface area contributed by atoms with Gasteiger partial charge in [0.25, 0.3) is 0 Å². The fourth-order valence-corrected chi connectivity index (χ4v) is 1.95. The molecule has 1 aliphatic heterocycles. The van der Waals surface area contributed by atoms with E-state index in [9.17, 15) is 4.57 Å². The molecule has 77 valence electrons. The van der Waals surface area contributed by atoms with Gasteiger partial charge in [-0.1, -0.05) is 6.07 Å². The van der Waals surface area contributed by atoms with Crippen molar-refractivity contribution in [3.63, 3.8) is 0 Å². The minimum atomic E-state index is -4.01. The monoisotopic (exact) mass is 239 g/mol. The number of hydrogen-bond acceptors (Lipinski definition) is 3. The van der Waals surface area contributed by atoms with Crippen LogP contribution < -0.4 is 9.47 Å². The largest absolute Gasteiger partial charge is 0.454 e. The summed E-state index contributed by atoms with van der Waals surface area (Å²) in [5.41, 5.74) is 0.544. The van der Waals surface area contributed by atoms with Crippen LogP contribution in [-0.2, 0) is 10.7 Å². The molecule has 1 heterocycles. The van der Waals surface area contributed by atoms with Crippen LogP contribution in [0.25, 0.3) is 0 Å². The molecule has 0 spiro atoms. The molecule has 2 N–H and O–H groups in total. The van der Waals surface area contributed by atoms with Crippen LogP contribution >= 0.6 is 7.60 Å². The normalized spacial score (nSPS) is 13.5. The van der Waals surface area contributed by atoms with E-state index in [4.69, 9.17) is 19.3 Å². The van der Waals surface area contributed by atoms with E-state index < -0.39 is 7.60 Å². The maximum absolute atomic E-state index is 10.7. The van der Waals surface area contributed by atoms with Crippen molar-refractivity contribution in [2.45, 2.75) is 6.16 Å². The topological polar surface area (TPSA) is 76.0 Å². The summed E-state index contributed by atoms with van der Waals surface area (Å²) < 4.78 is 20.9. The zero-order valence-corrected chi connectivity index (χ0v) is 11.1. The summed E-state index contributed by atoms with van der Waals surface area (Å²) in [6.07, 6.45) is -0.274. The summed E-state index contributed by atoms with van der Waals surface area (Å²) in [5.74, 6) is 1.15. The van der Waals surface area contributed by atoms with E-state index >= 15 is 0 Å². The Morgan fingerprint density at radius 3 is 2.60 bits per heavy atom. The third-order valence-electron chi connectivity index (χ3n) is 1.83. The molecular weight excluding hydrogens is 230 g/mol. The Morgan fingerprint density at radius 1 is 1.27 bits per heavy atom. The van der Waals surface area contributed by atoms with Crippen molar-refractivity contribution < 1.29 is 23.8 Å². The van der Waals surface area contributed by atoms with Gasteiger partial charge in [0.1, 0.15) is 0 Å². The Kier molecular flexibility index (Phi) is 4.23. The van der Waals surface area contributed by atoms with Crippen LogP contribution in [0.1, 0.15) is 5.56 Å². The molecule has 1 aromatic carbocycles. The molecule has 5 nitrogen and oxygen atoms in total. The van der Waals surface area contributed by atoms with Gasteiger partial charge in [0.15, 0.2) is 11.5 Å². The molecule has 0 saturated heterocycles. The van der Waals surface area contributed by atoms with E-state index in [1.54, 1.807) is 18.2 Å². The Morgan fingerprint density at radius 2 is 1.93 bits per heavy atom. The molecule has 1 aliphatic rings. The number of ether oxygens (including phenoxy) is 2. The second-order valence-electron chi connectivity index (χ2n) is 3.01.